The summed E-state index contributed by atoms with van der Waals surface area (Å²) < 4.78 is 0. The third-order valence-electron chi connectivity index (χ3n) is 2.22. The second kappa shape index (κ2) is 6.79. The molecule has 4 heteroatoms. The van der Waals surface area contributed by atoms with E-state index in [1.165, 1.54) is 0 Å². The van der Waals surface area contributed by atoms with Crippen molar-refractivity contribution in [3.8, 4) is 0 Å². The molecule has 0 aromatic heterocycles. The van der Waals surface area contributed by atoms with Crippen molar-refractivity contribution in [1.29, 1.82) is 0 Å². The Morgan fingerprint density at radius 2 is 2.07 bits per heavy atom. The van der Waals surface area contributed by atoms with Gasteiger partial charge in [0.05, 0.1) is 6.04 Å². The molecule has 0 heterocycles. The molecule has 1 atom stereocenters. The number of rotatable bonds is 7. The lowest BCUT2D eigenvalue weighted by Crippen LogP contribution is -2.46. The standard InChI is InChI=1S/C10H23N3O/c1-5-13(4)7-6-9(10(11)14)12-8(2)3/h8-9,12H,5-7H2,1-4H3,(H2,11,14). The highest BCUT2D eigenvalue weighted by atomic mass is 16.1. The number of hydrogen-bond acceptors (Lipinski definition) is 3. The maximum atomic E-state index is 11.1. The van der Waals surface area contributed by atoms with E-state index in [0.29, 0.717) is 6.04 Å². The molecule has 0 saturated carbocycles. The topological polar surface area (TPSA) is 58.4 Å². The van der Waals surface area contributed by atoms with Crippen LogP contribution in [0.5, 0.6) is 0 Å². The van der Waals surface area contributed by atoms with Gasteiger partial charge in [-0.3, -0.25) is 4.79 Å². The molecule has 14 heavy (non-hydrogen) atoms. The van der Waals surface area contributed by atoms with Gasteiger partial charge in [0.25, 0.3) is 0 Å². The molecule has 4 nitrogen and oxygen atoms in total. The Hall–Kier alpha value is -0.610. The molecule has 0 aliphatic carbocycles. The first-order valence-corrected chi connectivity index (χ1v) is 5.21. The van der Waals surface area contributed by atoms with Crippen LogP contribution in [0.3, 0.4) is 0 Å². The van der Waals surface area contributed by atoms with Crippen LogP contribution in [0, 0.1) is 0 Å². The Labute approximate surface area is 86.8 Å². The van der Waals surface area contributed by atoms with Crippen molar-refractivity contribution in [2.24, 2.45) is 5.73 Å². The lowest BCUT2D eigenvalue weighted by atomic mass is 10.1. The first kappa shape index (κ1) is 13.4. The van der Waals surface area contributed by atoms with Gasteiger partial charge in [0, 0.05) is 6.04 Å². The maximum absolute atomic E-state index is 11.1. The number of nitrogens with zero attached hydrogens (tertiary/aromatic N) is 1. The molecule has 0 bridgehead atoms. The number of carbonyl (C=O) groups excluding carboxylic acids is 1. The van der Waals surface area contributed by atoms with Crippen LogP contribution in [0.15, 0.2) is 0 Å². The monoisotopic (exact) mass is 201 g/mol. The number of carbonyl (C=O) groups is 1. The fourth-order valence-corrected chi connectivity index (χ4v) is 1.22. The summed E-state index contributed by atoms with van der Waals surface area (Å²) in [5, 5.41) is 3.16. The summed E-state index contributed by atoms with van der Waals surface area (Å²) in [5.74, 6) is -0.261. The molecule has 0 aliphatic rings. The van der Waals surface area contributed by atoms with Crippen LogP contribution in [-0.4, -0.2) is 43.0 Å². The van der Waals surface area contributed by atoms with Crippen molar-refractivity contribution < 1.29 is 4.79 Å². The molecule has 1 unspecified atom stereocenters. The lowest BCUT2D eigenvalue weighted by molar-refractivity contribution is -0.120. The van der Waals surface area contributed by atoms with Crippen molar-refractivity contribution in [2.75, 3.05) is 20.1 Å². The molecule has 0 spiro atoms. The summed E-state index contributed by atoms with van der Waals surface area (Å²) in [6, 6.07) is 0.0865. The fourth-order valence-electron chi connectivity index (χ4n) is 1.22. The molecule has 0 aromatic carbocycles. The molecule has 0 aromatic rings. The molecular formula is C10H23N3O. The van der Waals surface area contributed by atoms with E-state index >= 15 is 0 Å². The quantitative estimate of drug-likeness (QED) is 0.618. The summed E-state index contributed by atoms with van der Waals surface area (Å²) in [7, 11) is 2.04. The average Bonchev–Trinajstić information content (AvgIpc) is 2.10. The normalized spacial score (nSPS) is 13.6. The Morgan fingerprint density at radius 3 is 2.43 bits per heavy atom. The molecule has 0 radical (unpaired) electrons. The smallest absolute Gasteiger partial charge is 0.234 e. The number of amides is 1. The van der Waals surface area contributed by atoms with Crippen molar-refractivity contribution in [1.82, 2.24) is 10.2 Å². The van der Waals surface area contributed by atoms with Gasteiger partial charge in [-0.1, -0.05) is 20.8 Å². The Morgan fingerprint density at radius 1 is 1.50 bits per heavy atom. The highest BCUT2D eigenvalue weighted by Crippen LogP contribution is 1.96. The van der Waals surface area contributed by atoms with Crippen molar-refractivity contribution >= 4 is 5.91 Å². The van der Waals surface area contributed by atoms with E-state index in [-0.39, 0.29) is 11.9 Å². The molecule has 3 N–H and O–H groups in total. The highest BCUT2D eigenvalue weighted by molar-refractivity contribution is 5.79. The van der Waals surface area contributed by atoms with Gasteiger partial charge in [-0.05, 0) is 26.6 Å². The number of nitrogens with two attached hydrogens (primary N) is 1. The van der Waals surface area contributed by atoms with E-state index in [4.69, 9.17) is 5.73 Å². The minimum atomic E-state index is -0.261. The zero-order chi connectivity index (χ0) is 11.1. The van der Waals surface area contributed by atoms with Crippen LogP contribution in [0.25, 0.3) is 0 Å². The lowest BCUT2D eigenvalue weighted by Gasteiger charge is -2.21. The summed E-state index contributed by atoms with van der Waals surface area (Å²) in [5.41, 5.74) is 5.29. The minimum Gasteiger partial charge on any atom is -0.368 e. The van der Waals surface area contributed by atoms with Crippen LogP contribution in [0.1, 0.15) is 27.2 Å². The highest BCUT2D eigenvalue weighted by Gasteiger charge is 2.15. The van der Waals surface area contributed by atoms with Gasteiger partial charge in [0.1, 0.15) is 0 Å². The van der Waals surface area contributed by atoms with Gasteiger partial charge in [-0.2, -0.15) is 0 Å². The first-order chi connectivity index (χ1) is 6.47. The van der Waals surface area contributed by atoms with Gasteiger partial charge in [0.2, 0.25) is 5.91 Å². The zero-order valence-corrected chi connectivity index (χ0v) is 9.71. The van der Waals surface area contributed by atoms with Crippen molar-refractivity contribution in [3.63, 3.8) is 0 Å². The van der Waals surface area contributed by atoms with E-state index in [1.54, 1.807) is 0 Å². The summed E-state index contributed by atoms with van der Waals surface area (Å²) in [4.78, 5) is 13.2. The van der Waals surface area contributed by atoms with Crippen LogP contribution in [-0.2, 0) is 4.79 Å². The summed E-state index contributed by atoms with van der Waals surface area (Å²) in [6.07, 6.45) is 0.776. The van der Waals surface area contributed by atoms with E-state index in [0.717, 1.165) is 19.5 Å². The predicted molar refractivity (Wildman–Crippen MR) is 59.0 cm³/mol. The van der Waals surface area contributed by atoms with Gasteiger partial charge >= 0.3 is 0 Å². The third kappa shape index (κ3) is 5.94. The number of nitrogens with one attached hydrogen (secondary N) is 1. The molecular weight excluding hydrogens is 178 g/mol. The first-order valence-electron chi connectivity index (χ1n) is 5.21. The summed E-state index contributed by atoms with van der Waals surface area (Å²) in [6.45, 7) is 8.01. The minimum absolute atomic E-state index is 0.205. The van der Waals surface area contributed by atoms with Crippen LogP contribution in [0.4, 0.5) is 0 Å². The largest absolute Gasteiger partial charge is 0.368 e. The molecule has 0 rings (SSSR count). The summed E-state index contributed by atoms with van der Waals surface area (Å²) >= 11 is 0. The molecule has 84 valence electrons. The van der Waals surface area contributed by atoms with Crippen LogP contribution < -0.4 is 11.1 Å². The second-order valence-corrected chi connectivity index (χ2v) is 3.96. The Bertz CT molecular complexity index is 171. The van der Waals surface area contributed by atoms with E-state index < -0.39 is 0 Å². The Kier molecular flexibility index (Phi) is 6.49. The molecule has 0 aliphatic heterocycles. The number of primary amides is 1. The van der Waals surface area contributed by atoms with Gasteiger partial charge < -0.3 is 16.0 Å². The second-order valence-electron chi connectivity index (χ2n) is 3.96. The number of hydrogen-bond donors (Lipinski definition) is 2. The molecule has 1 amide bonds. The van der Waals surface area contributed by atoms with E-state index in [9.17, 15) is 4.79 Å². The zero-order valence-electron chi connectivity index (χ0n) is 9.71. The van der Waals surface area contributed by atoms with Crippen molar-refractivity contribution in [3.05, 3.63) is 0 Å². The van der Waals surface area contributed by atoms with E-state index in [2.05, 4.69) is 17.1 Å². The van der Waals surface area contributed by atoms with Gasteiger partial charge in [-0.15, -0.1) is 0 Å². The average molecular weight is 201 g/mol. The molecule has 0 saturated heterocycles. The van der Waals surface area contributed by atoms with Crippen molar-refractivity contribution in [2.45, 2.75) is 39.3 Å². The fraction of sp³-hybridized carbons (Fsp3) is 0.900. The maximum Gasteiger partial charge on any atom is 0.234 e. The Balaban J connectivity index is 3.91. The molecule has 0 fully saturated rings. The SMILES string of the molecule is CCN(C)CCC(NC(C)C)C(N)=O. The van der Waals surface area contributed by atoms with Crippen LogP contribution >= 0.6 is 0 Å². The third-order valence-corrected chi connectivity index (χ3v) is 2.22. The van der Waals surface area contributed by atoms with Gasteiger partial charge in [-0.25, -0.2) is 0 Å². The van der Waals surface area contributed by atoms with Crippen LogP contribution in [0.2, 0.25) is 0 Å². The van der Waals surface area contributed by atoms with Gasteiger partial charge in [0.15, 0.2) is 0 Å². The van der Waals surface area contributed by atoms with E-state index in [1.807, 2.05) is 20.9 Å². The predicted octanol–water partition coefficient (Wildman–Crippen LogP) is 0.180.